The van der Waals surface area contributed by atoms with Gasteiger partial charge >= 0.3 is 0 Å². The molecule has 0 N–H and O–H groups in total. The zero-order valence-corrected chi connectivity index (χ0v) is 16.7. The van der Waals surface area contributed by atoms with Crippen molar-refractivity contribution in [3.05, 3.63) is 51.4 Å². The molecule has 0 bridgehead atoms. The third-order valence-electron chi connectivity index (χ3n) is 5.22. The molecule has 2 heterocycles. The SMILES string of the molecule is CCc1cc(=O)n(CC(=O)N2CCCCC2CC)c(-c2cccc(Cl)c2)n1. The maximum Gasteiger partial charge on any atom is 0.254 e. The van der Waals surface area contributed by atoms with Crippen molar-refractivity contribution >= 4 is 17.5 Å². The number of likely N-dealkylation sites (tertiary alicyclic amines) is 1. The quantitative estimate of drug-likeness (QED) is 0.781. The average molecular weight is 388 g/mol. The van der Waals surface area contributed by atoms with E-state index in [1.807, 2.05) is 24.0 Å². The van der Waals surface area contributed by atoms with Gasteiger partial charge in [0.05, 0.1) is 0 Å². The molecule has 0 aliphatic carbocycles. The van der Waals surface area contributed by atoms with Crippen molar-refractivity contribution in [2.24, 2.45) is 0 Å². The number of carbonyl (C=O) groups excluding carboxylic acids is 1. The Balaban J connectivity index is 1.99. The molecule has 1 amide bonds. The minimum atomic E-state index is -0.199. The van der Waals surface area contributed by atoms with Gasteiger partial charge in [-0.3, -0.25) is 14.2 Å². The molecule has 0 saturated carbocycles. The van der Waals surface area contributed by atoms with Crippen LogP contribution in [0.4, 0.5) is 0 Å². The van der Waals surface area contributed by atoms with E-state index in [4.69, 9.17) is 11.6 Å². The minimum absolute atomic E-state index is 0.00811. The monoisotopic (exact) mass is 387 g/mol. The number of carbonyl (C=O) groups is 1. The van der Waals surface area contributed by atoms with Crippen LogP contribution in [0, 0.1) is 0 Å². The zero-order valence-electron chi connectivity index (χ0n) is 15.9. The Kier molecular flexibility index (Phi) is 6.32. The van der Waals surface area contributed by atoms with Gasteiger partial charge in [-0.25, -0.2) is 4.98 Å². The average Bonchev–Trinajstić information content (AvgIpc) is 2.69. The summed E-state index contributed by atoms with van der Waals surface area (Å²) in [6.45, 7) is 4.84. The smallest absolute Gasteiger partial charge is 0.254 e. The third-order valence-corrected chi connectivity index (χ3v) is 5.45. The lowest BCUT2D eigenvalue weighted by Crippen LogP contribution is -2.46. The van der Waals surface area contributed by atoms with Gasteiger partial charge in [-0.15, -0.1) is 0 Å². The van der Waals surface area contributed by atoms with Crippen LogP contribution < -0.4 is 5.56 Å². The van der Waals surface area contributed by atoms with Crippen LogP contribution in [0.3, 0.4) is 0 Å². The second-order valence-corrected chi connectivity index (χ2v) is 7.44. The number of halogens is 1. The van der Waals surface area contributed by atoms with E-state index in [1.165, 1.54) is 10.6 Å². The lowest BCUT2D eigenvalue weighted by molar-refractivity contribution is -0.135. The predicted octanol–water partition coefficient (Wildman–Crippen LogP) is 3.92. The fourth-order valence-electron chi connectivity index (χ4n) is 3.71. The topological polar surface area (TPSA) is 55.2 Å². The molecule has 1 atom stereocenters. The summed E-state index contributed by atoms with van der Waals surface area (Å²) in [5, 5.41) is 0.573. The third kappa shape index (κ3) is 4.41. The number of aromatic nitrogens is 2. The van der Waals surface area contributed by atoms with Crippen LogP contribution in [0.1, 0.15) is 45.2 Å². The fraction of sp³-hybridized carbons (Fsp3) is 0.476. The van der Waals surface area contributed by atoms with Crippen LogP contribution in [-0.2, 0) is 17.8 Å². The van der Waals surface area contributed by atoms with Gasteiger partial charge < -0.3 is 4.90 Å². The molecule has 3 rings (SSSR count). The van der Waals surface area contributed by atoms with Crippen molar-refractivity contribution in [2.45, 2.75) is 58.5 Å². The molecule has 0 radical (unpaired) electrons. The van der Waals surface area contributed by atoms with E-state index in [2.05, 4.69) is 11.9 Å². The summed E-state index contributed by atoms with van der Waals surface area (Å²) in [7, 11) is 0. The van der Waals surface area contributed by atoms with E-state index in [0.29, 0.717) is 23.0 Å². The molecule has 1 aromatic heterocycles. The number of nitrogens with zero attached hydrogens (tertiary/aromatic N) is 3. The maximum atomic E-state index is 13.0. The lowest BCUT2D eigenvalue weighted by atomic mass is 10.00. The van der Waals surface area contributed by atoms with Gasteiger partial charge in [0.2, 0.25) is 5.91 Å². The highest BCUT2D eigenvalue weighted by Crippen LogP contribution is 2.23. The highest BCUT2D eigenvalue weighted by molar-refractivity contribution is 6.30. The van der Waals surface area contributed by atoms with E-state index in [1.54, 1.807) is 12.1 Å². The van der Waals surface area contributed by atoms with Gasteiger partial charge in [-0.2, -0.15) is 0 Å². The van der Waals surface area contributed by atoms with Crippen molar-refractivity contribution in [1.82, 2.24) is 14.5 Å². The second-order valence-electron chi connectivity index (χ2n) is 7.00. The first kappa shape index (κ1) is 19.6. The normalized spacial score (nSPS) is 17.1. The van der Waals surface area contributed by atoms with E-state index < -0.39 is 0 Å². The molecule has 1 aromatic carbocycles. The number of piperidine rings is 1. The second kappa shape index (κ2) is 8.70. The molecule has 1 aliphatic heterocycles. The van der Waals surface area contributed by atoms with Gasteiger partial charge in [-0.1, -0.05) is 37.6 Å². The summed E-state index contributed by atoms with van der Waals surface area (Å²) in [4.78, 5) is 32.3. The summed E-state index contributed by atoms with van der Waals surface area (Å²) >= 11 is 6.14. The van der Waals surface area contributed by atoms with Crippen LogP contribution >= 0.6 is 11.6 Å². The van der Waals surface area contributed by atoms with Crippen LogP contribution in [0.2, 0.25) is 5.02 Å². The predicted molar refractivity (Wildman–Crippen MR) is 108 cm³/mol. The highest BCUT2D eigenvalue weighted by atomic mass is 35.5. The zero-order chi connectivity index (χ0) is 19.4. The molecule has 1 saturated heterocycles. The van der Waals surface area contributed by atoms with Crippen molar-refractivity contribution in [3.63, 3.8) is 0 Å². The molecule has 6 heteroatoms. The Morgan fingerprint density at radius 3 is 2.78 bits per heavy atom. The number of rotatable bonds is 5. The van der Waals surface area contributed by atoms with Crippen molar-refractivity contribution in [2.75, 3.05) is 6.54 Å². The van der Waals surface area contributed by atoms with Crippen molar-refractivity contribution in [3.8, 4) is 11.4 Å². The number of hydrogen-bond acceptors (Lipinski definition) is 3. The number of hydrogen-bond donors (Lipinski definition) is 0. The van der Waals surface area contributed by atoms with Gasteiger partial charge in [0.25, 0.3) is 5.56 Å². The van der Waals surface area contributed by atoms with Crippen LogP contribution in [0.25, 0.3) is 11.4 Å². The Bertz CT molecular complexity index is 878. The molecule has 1 unspecified atom stereocenters. The van der Waals surface area contributed by atoms with E-state index >= 15 is 0 Å². The largest absolute Gasteiger partial charge is 0.338 e. The molecule has 27 heavy (non-hydrogen) atoms. The molecule has 1 fully saturated rings. The van der Waals surface area contributed by atoms with Crippen LogP contribution in [-0.4, -0.2) is 32.9 Å². The van der Waals surface area contributed by atoms with Crippen LogP contribution in [0.15, 0.2) is 35.1 Å². The summed E-state index contributed by atoms with van der Waals surface area (Å²) in [5.74, 6) is 0.484. The number of aryl methyl sites for hydroxylation is 1. The van der Waals surface area contributed by atoms with Crippen molar-refractivity contribution in [1.29, 1.82) is 0 Å². The summed E-state index contributed by atoms with van der Waals surface area (Å²) in [6, 6.07) is 9.03. The van der Waals surface area contributed by atoms with E-state index in [0.717, 1.165) is 37.8 Å². The molecule has 0 spiro atoms. The standard InChI is InChI=1S/C21H26ClN3O2/c1-3-17-13-19(26)25(21(23-17)15-8-7-9-16(22)12-15)14-20(27)24-11-6-5-10-18(24)4-2/h7-9,12-13,18H,3-6,10-11,14H2,1-2H3. The minimum Gasteiger partial charge on any atom is -0.338 e. The number of benzene rings is 1. The first-order valence-electron chi connectivity index (χ1n) is 9.69. The highest BCUT2D eigenvalue weighted by Gasteiger charge is 2.26. The van der Waals surface area contributed by atoms with E-state index in [9.17, 15) is 9.59 Å². The molecular weight excluding hydrogens is 362 g/mol. The molecular formula is C21H26ClN3O2. The van der Waals surface area contributed by atoms with E-state index in [-0.39, 0.29) is 24.1 Å². The number of amides is 1. The lowest BCUT2D eigenvalue weighted by Gasteiger charge is -2.35. The van der Waals surface area contributed by atoms with Gasteiger partial charge in [-0.05, 0) is 44.2 Å². The molecule has 5 nitrogen and oxygen atoms in total. The first-order chi connectivity index (χ1) is 13.0. The van der Waals surface area contributed by atoms with Gasteiger partial charge in [0, 0.05) is 34.9 Å². The Labute approximate surface area is 165 Å². The summed E-state index contributed by atoms with van der Waals surface area (Å²) in [6.07, 6.45) is 4.80. The Morgan fingerprint density at radius 1 is 1.26 bits per heavy atom. The van der Waals surface area contributed by atoms with Crippen LogP contribution in [0.5, 0.6) is 0 Å². The summed E-state index contributed by atoms with van der Waals surface area (Å²) in [5.41, 5.74) is 1.26. The fourth-order valence-corrected chi connectivity index (χ4v) is 3.91. The van der Waals surface area contributed by atoms with Crippen molar-refractivity contribution < 1.29 is 4.79 Å². The Hall–Kier alpha value is -2.14. The van der Waals surface area contributed by atoms with Gasteiger partial charge in [0.15, 0.2) is 0 Å². The Morgan fingerprint density at radius 2 is 2.07 bits per heavy atom. The van der Waals surface area contributed by atoms with Gasteiger partial charge in [0.1, 0.15) is 12.4 Å². The molecule has 144 valence electrons. The summed E-state index contributed by atoms with van der Waals surface area (Å²) < 4.78 is 1.48. The first-order valence-corrected chi connectivity index (χ1v) is 10.1. The maximum absolute atomic E-state index is 13.0. The molecule has 1 aliphatic rings. The molecule has 2 aromatic rings.